The van der Waals surface area contributed by atoms with Gasteiger partial charge in [0.1, 0.15) is 12.1 Å². The summed E-state index contributed by atoms with van der Waals surface area (Å²) in [6.07, 6.45) is 7.01. The fourth-order valence-electron chi connectivity index (χ4n) is 5.38. The molecule has 3 aromatic rings. The molecule has 2 heterocycles. The molecule has 4 N–H and O–H groups in total. The molecule has 1 amide bonds. The molecule has 11 heteroatoms. The number of amides is 1. The van der Waals surface area contributed by atoms with Crippen LogP contribution in [-0.4, -0.2) is 58.5 Å². The van der Waals surface area contributed by atoms with Crippen molar-refractivity contribution in [2.45, 2.75) is 63.3 Å². The van der Waals surface area contributed by atoms with Crippen molar-refractivity contribution in [1.29, 1.82) is 0 Å². The van der Waals surface area contributed by atoms with E-state index < -0.39 is 6.04 Å². The summed E-state index contributed by atoms with van der Waals surface area (Å²) in [5.41, 5.74) is 8.73. The minimum atomic E-state index is -0.396. The number of hydrogen-bond donors (Lipinski definition) is 3. The van der Waals surface area contributed by atoms with Crippen LogP contribution in [0.3, 0.4) is 0 Å². The van der Waals surface area contributed by atoms with E-state index >= 15 is 0 Å². The summed E-state index contributed by atoms with van der Waals surface area (Å²) in [4.78, 5) is 36.7. The van der Waals surface area contributed by atoms with Crippen LogP contribution in [0.1, 0.15) is 54.4 Å². The van der Waals surface area contributed by atoms with Gasteiger partial charge in [0.05, 0.1) is 11.9 Å². The molecule has 41 heavy (non-hydrogen) atoms. The Kier molecular flexibility index (Phi) is 9.27. The Morgan fingerprint density at radius 1 is 1.10 bits per heavy atom. The van der Waals surface area contributed by atoms with Gasteiger partial charge in [0.25, 0.3) is 5.91 Å². The molecule has 0 spiro atoms. The minimum Gasteiger partial charge on any atom is -0.461 e. The summed E-state index contributed by atoms with van der Waals surface area (Å²) in [6.45, 7) is 0.983. The third-order valence-electron chi connectivity index (χ3n) is 7.84. The largest absolute Gasteiger partial charge is 0.461 e. The number of benzene rings is 2. The number of piperidine rings is 1. The molecule has 2 fully saturated rings. The lowest BCUT2D eigenvalue weighted by atomic mass is 9.97. The highest BCUT2D eigenvalue weighted by atomic mass is 35.5. The number of nitrogens with zero attached hydrogens (tertiary/aromatic N) is 3. The summed E-state index contributed by atoms with van der Waals surface area (Å²) < 4.78 is 5.70. The predicted molar refractivity (Wildman–Crippen MR) is 161 cm³/mol. The zero-order valence-electron chi connectivity index (χ0n) is 22.9. The molecule has 2 aromatic carbocycles. The van der Waals surface area contributed by atoms with Gasteiger partial charge in [-0.05, 0) is 69.3 Å². The zero-order chi connectivity index (χ0) is 28.9. The Morgan fingerprint density at radius 2 is 1.80 bits per heavy atom. The number of esters is 1. The molecule has 2 atom stereocenters. The normalized spacial score (nSPS) is 19.1. The van der Waals surface area contributed by atoms with E-state index in [1.807, 2.05) is 12.1 Å². The van der Waals surface area contributed by atoms with Crippen molar-refractivity contribution in [3.8, 4) is 11.3 Å². The van der Waals surface area contributed by atoms with Gasteiger partial charge in [-0.15, -0.1) is 0 Å². The zero-order valence-corrected chi connectivity index (χ0v) is 24.4. The van der Waals surface area contributed by atoms with Gasteiger partial charge >= 0.3 is 5.97 Å². The second-order valence-corrected chi connectivity index (χ2v) is 11.4. The minimum absolute atomic E-state index is 0.0287. The number of carbonyl (C=O) groups excluding carboxylic acids is 2. The van der Waals surface area contributed by atoms with Crippen LogP contribution in [0.15, 0.2) is 48.7 Å². The topological polar surface area (TPSA) is 122 Å². The fourth-order valence-corrected chi connectivity index (χ4v) is 5.91. The smallest absolute Gasteiger partial charge is 0.323 e. The lowest BCUT2D eigenvalue weighted by molar-refractivity contribution is -0.152. The Morgan fingerprint density at radius 3 is 2.51 bits per heavy atom. The summed E-state index contributed by atoms with van der Waals surface area (Å²) in [5.74, 6) is 0.344. The first-order chi connectivity index (χ1) is 19.8. The average Bonchev–Trinajstić information content (AvgIpc) is 3.50. The van der Waals surface area contributed by atoms with Crippen LogP contribution in [0.25, 0.3) is 11.3 Å². The summed E-state index contributed by atoms with van der Waals surface area (Å²) in [6, 6.07) is 12.1. The predicted octanol–water partition coefficient (Wildman–Crippen LogP) is 5.32. The first kappa shape index (κ1) is 29.1. The summed E-state index contributed by atoms with van der Waals surface area (Å²) in [7, 11) is 1.79. The highest BCUT2D eigenvalue weighted by molar-refractivity contribution is 6.36. The average molecular weight is 598 g/mol. The van der Waals surface area contributed by atoms with Crippen LogP contribution >= 0.6 is 23.2 Å². The van der Waals surface area contributed by atoms with Crippen LogP contribution in [0.5, 0.6) is 0 Å². The molecule has 1 aliphatic heterocycles. The van der Waals surface area contributed by atoms with Gasteiger partial charge in [-0.3, -0.25) is 9.59 Å². The van der Waals surface area contributed by atoms with Gasteiger partial charge in [-0.2, -0.15) is 0 Å². The van der Waals surface area contributed by atoms with E-state index in [1.54, 1.807) is 48.5 Å². The van der Waals surface area contributed by atoms with E-state index in [2.05, 4.69) is 20.6 Å². The number of carbonyl (C=O) groups is 2. The van der Waals surface area contributed by atoms with E-state index in [0.29, 0.717) is 46.6 Å². The number of nitrogen functional groups attached to an aromatic ring is 1. The van der Waals surface area contributed by atoms with Crippen LogP contribution in [-0.2, 0) is 16.1 Å². The first-order valence-corrected chi connectivity index (χ1v) is 14.7. The van der Waals surface area contributed by atoms with Crippen molar-refractivity contribution in [1.82, 2.24) is 20.2 Å². The maximum absolute atomic E-state index is 13.3. The number of anilines is 2. The van der Waals surface area contributed by atoms with Gasteiger partial charge in [0.15, 0.2) is 11.6 Å². The van der Waals surface area contributed by atoms with Crippen molar-refractivity contribution < 1.29 is 14.3 Å². The van der Waals surface area contributed by atoms with Gasteiger partial charge in [0, 0.05) is 46.4 Å². The van der Waals surface area contributed by atoms with E-state index in [4.69, 9.17) is 33.7 Å². The fraction of sp³-hybridized carbons (Fsp3) is 0.400. The van der Waals surface area contributed by atoms with Crippen molar-refractivity contribution in [3.63, 3.8) is 0 Å². The van der Waals surface area contributed by atoms with Crippen molar-refractivity contribution in [3.05, 3.63) is 69.8 Å². The van der Waals surface area contributed by atoms with E-state index in [0.717, 1.165) is 43.2 Å². The van der Waals surface area contributed by atoms with E-state index in [1.165, 1.54) is 0 Å². The first-order valence-electron chi connectivity index (χ1n) is 13.9. The molecule has 0 radical (unpaired) electrons. The Bertz CT molecular complexity index is 1380. The SMILES string of the molecule is CN(C(=O)c1ccc(-c2cnc(N)c(NCc3c(Cl)cccc3Cl)n2)cc1)C1CCN[C@@H](C(=O)OC2CCCC2)C1. The third kappa shape index (κ3) is 6.92. The van der Waals surface area contributed by atoms with Crippen LogP contribution in [0, 0.1) is 0 Å². The molecule has 5 rings (SSSR count). The van der Waals surface area contributed by atoms with Crippen molar-refractivity contribution in [2.24, 2.45) is 0 Å². The maximum Gasteiger partial charge on any atom is 0.323 e. The number of nitrogens with two attached hydrogens (primary N) is 1. The standard InChI is InChI=1S/C30H34Cl2N6O3/c1-38(20-13-14-34-25(15-20)30(40)41-21-5-2-3-6-21)29(39)19-11-9-18(10-12-19)26-17-35-27(33)28(37-26)36-16-22-23(31)7-4-8-24(22)32/h4,7-12,17,20-21,25,34H,2-3,5-6,13-16H2,1H3,(H2,33,35)(H,36,37)/t20?,25-/m1/s1. The Balaban J connectivity index is 1.22. The Labute approximate surface area is 249 Å². The van der Waals surface area contributed by atoms with Gasteiger partial charge in [-0.25, -0.2) is 9.97 Å². The third-order valence-corrected chi connectivity index (χ3v) is 8.54. The summed E-state index contributed by atoms with van der Waals surface area (Å²) >= 11 is 12.6. The molecule has 1 unspecified atom stereocenters. The van der Waals surface area contributed by atoms with Crippen molar-refractivity contribution in [2.75, 3.05) is 24.6 Å². The molecule has 1 saturated heterocycles. The van der Waals surface area contributed by atoms with Crippen molar-refractivity contribution >= 4 is 46.7 Å². The molecule has 2 aliphatic rings. The number of rotatable bonds is 8. The summed E-state index contributed by atoms with van der Waals surface area (Å²) in [5, 5.41) is 7.52. The lowest BCUT2D eigenvalue weighted by Gasteiger charge is -2.35. The van der Waals surface area contributed by atoms with Crippen LogP contribution in [0.2, 0.25) is 10.0 Å². The van der Waals surface area contributed by atoms with Gasteiger partial charge in [0.2, 0.25) is 0 Å². The van der Waals surface area contributed by atoms with E-state index in [-0.39, 0.29) is 29.8 Å². The molecule has 216 valence electrons. The molecule has 9 nitrogen and oxygen atoms in total. The number of ether oxygens (including phenoxy) is 1. The van der Waals surface area contributed by atoms with E-state index in [9.17, 15) is 9.59 Å². The molecule has 0 bridgehead atoms. The van der Waals surface area contributed by atoms with Gasteiger partial charge < -0.3 is 26.0 Å². The monoisotopic (exact) mass is 596 g/mol. The molecular formula is C30H34Cl2N6O3. The number of hydrogen-bond acceptors (Lipinski definition) is 8. The quantitative estimate of drug-likeness (QED) is 0.298. The molecular weight excluding hydrogens is 563 g/mol. The maximum atomic E-state index is 13.3. The van der Waals surface area contributed by atoms with Crippen LogP contribution < -0.4 is 16.4 Å². The molecule has 1 saturated carbocycles. The Hall–Kier alpha value is -3.40. The highest BCUT2D eigenvalue weighted by Gasteiger charge is 2.33. The van der Waals surface area contributed by atoms with Crippen LogP contribution in [0.4, 0.5) is 11.6 Å². The van der Waals surface area contributed by atoms with Gasteiger partial charge in [-0.1, -0.05) is 41.4 Å². The molecule has 1 aromatic heterocycles. The second kappa shape index (κ2) is 13.1. The number of aromatic nitrogens is 2. The lowest BCUT2D eigenvalue weighted by Crippen LogP contribution is -2.52. The number of nitrogens with one attached hydrogen (secondary N) is 2. The number of halogens is 2. The second-order valence-electron chi connectivity index (χ2n) is 10.6. The molecule has 1 aliphatic carbocycles. The highest BCUT2D eigenvalue weighted by Crippen LogP contribution is 2.28.